The van der Waals surface area contributed by atoms with Gasteiger partial charge in [0.25, 0.3) is 11.5 Å². The SMILES string of the molecule is Cn1c(O)c(N=NC(=O)Cn2cnc3sc(-c4ccccc4)cc3c2=O)c2ccccc21. The molecule has 0 saturated carbocycles. The van der Waals surface area contributed by atoms with Gasteiger partial charge >= 0.3 is 0 Å². The number of para-hydroxylation sites is 1. The Bertz CT molecular complexity index is 1560. The zero-order chi connectivity index (χ0) is 22.2. The molecule has 2 aromatic carbocycles. The molecule has 0 atom stereocenters. The summed E-state index contributed by atoms with van der Waals surface area (Å²) in [5, 5.41) is 19.1. The van der Waals surface area contributed by atoms with E-state index in [1.54, 1.807) is 23.7 Å². The molecule has 5 rings (SSSR count). The fourth-order valence-corrected chi connectivity index (χ4v) is 4.55. The summed E-state index contributed by atoms with van der Waals surface area (Å²) in [4.78, 5) is 31.2. The van der Waals surface area contributed by atoms with Gasteiger partial charge in [0.1, 0.15) is 11.4 Å². The van der Waals surface area contributed by atoms with Gasteiger partial charge in [-0.15, -0.1) is 21.6 Å². The number of hydrogen-bond donors (Lipinski definition) is 1. The molecule has 0 aliphatic rings. The van der Waals surface area contributed by atoms with Gasteiger partial charge in [-0.05, 0) is 17.7 Å². The number of fused-ring (bicyclic) bond motifs is 2. The van der Waals surface area contributed by atoms with Gasteiger partial charge in [0.2, 0.25) is 5.88 Å². The number of carbonyl (C=O) groups excluding carboxylic acids is 1. The number of rotatable bonds is 4. The molecular weight excluding hydrogens is 426 g/mol. The molecule has 32 heavy (non-hydrogen) atoms. The monoisotopic (exact) mass is 443 g/mol. The highest BCUT2D eigenvalue weighted by molar-refractivity contribution is 7.21. The first kappa shape index (κ1) is 19.8. The van der Waals surface area contributed by atoms with E-state index in [1.807, 2.05) is 48.5 Å². The number of benzene rings is 2. The Kier molecular flexibility index (Phi) is 4.87. The van der Waals surface area contributed by atoms with Crippen molar-refractivity contribution in [3.05, 3.63) is 77.3 Å². The standard InChI is InChI=1S/C23H17N5O3S/c1-27-17-10-6-5-9-15(17)20(23(27)31)26-25-19(29)12-28-13-24-21-16(22(28)30)11-18(32-21)14-7-3-2-4-8-14/h2-11,13,31H,12H2,1H3. The van der Waals surface area contributed by atoms with Crippen molar-refractivity contribution in [2.24, 2.45) is 17.3 Å². The van der Waals surface area contributed by atoms with E-state index < -0.39 is 5.91 Å². The molecule has 0 unspecified atom stereocenters. The Labute approximate surface area is 185 Å². The molecule has 0 radical (unpaired) electrons. The number of aromatic nitrogens is 3. The van der Waals surface area contributed by atoms with E-state index in [1.165, 1.54) is 22.2 Å². The van der Waals surface area contributed by atoms with E-state index in [9.17, 15) is 14.7 Å². The lowest BCUT2D eigenvalue weighted by atomic mass is 10.2. The minimum Gasteiger partial charge on any atom is -0.493 e. The summed E-state index contributed by atoms with van der Waals surface area (Å²) in [5.41, 5.74) is 1.66. The van der Waals surface area contributed by atoms with Crippen molar-refractivity contribution in [1.29, 1.82) is 0 Å². The molecule has 1 N–H and O–H groups in total. The Morgan fingerprint density at radius 2 is 1.84 bits per heavy atom. The topological polar surface area (TPSA) is 102 Å². The summed E-state index contributed by atoms with van der Waals surface area (Å²) in [7, 11) is 1.70. The van der Waals surface area contributed by atoms with Gasteiger partial charge in [0.15, 0.2) is 5.69 Å². The van der Waals surface area contributed by atoms with Crippen molar-refractivity contribution in [3.8, 4) is 16.3 Å². The number of aryl methyl sites for hydroxylation is 1. The van der Waals surface area contributed by atoms with Gasteiger partial charge in [-0.1, -0.05) is 48.5 Å². The summed E-state index contributed by atoms with van der Waals surface area (Å²) in [6.45, 7) is -0.298. The van der Waals surface area contributed by atoms with Gasteiger partial charge in [0.05, 0.1) is 17.2 Å². The van der Waals surface area contributed by atoms with E-state index >= 15 is 0 Å². The highest BCUT2D eigenvalue weighted by Gasteiger charge is 2.15. The zero-order valence-electron chi connectivity index (χ0n) is 17.0. The van der Waals surface area contributed by atoms with Crippen LogP contribution in [0.1, 0.15) is 0 Å². The van der Waals surface area contributed by atoms with E-state index in [2.05, 4.69) is 15.2 Å². The van der Waals surface area contributed by atoms with Crippen LogP contribution in [0.3, 0.4) is 0 Å². The second kappa shape index (κ2) is 7.86. The number of amides is 1. The van der Waals surface area contributed by atoms with Crippen LogP contribution in [-0.2, 0) is 18.4 Å². The molecule has 5 aromatic rings. The lowest BCUT2D eigenvalue weighted by molar-refractivity contribution is -0.118. The Morgan fingerprint density at radius 3 is 2.66 bits per heavy atom. The molecule has 0 fully saturated rings. The van der Waals surface area contributed by atoms with Crippen LogP contribution in [0.5, 0.6) is 5.88 Å². The number of azo groups is 1. The molecule has 0 aliphatic heterocycles. The van der Waals surface area contributed by atoms with E-state index in [0.717, 1.165) is 16.0 Å². The normalized spacial score (nSPS) is 11.7. The van der Waals surface area contributed by atoms with Crippen molar-refractivity contribution in [2.75, 3.05) is 0 Å². The third-order valence-corrected chi connectivity index (χ3v) is 6.29. The number of hydrogen-bond acceptors (Lipinski definition) is 6. The highest BCUT2D eigenvalue weighted by atomic mass is 32.1. The Balaban J connectivity index is 1.42. The van der Waals surface area contributed by atoms with Crippen LogP contribution in [0.25, 0.3) is 31.6 Å². The number of aromatic hydroxyl groups is 1. The van der Waals surface area contributed by atoms with Gasteiger partial charge in [0, 0.05) is 17.3 Å². The summed E-state index contributed by atoms with van der Waals surface area (Å²) in [6, 6.07) is 18.8. The molecular formula is C23H17N5O3S. The third-order valence-electron chi connectivity index (χ3n) is 5.19. The smallest absolute Gasteiger partial charge is 0.284 e. The van der Waals surface area contributed by atoms with Crippen molar-refractivity contribution in [1.82, 2.24) is 14.1 Å². The van der Waals surface area contributed by atoms with Gasteiger partial charge in [-0.2, -0.15) is 0 Å². The maximum Gasteiger partial charge on any atom is 0.284 e. The van der Waals surface area contributed by atoms with Gasteiger partial charge < -0.3 is 9.67 Å². The summed E-state index contributed by atoms with van der Waals surface area (Å²) in [6.07, 6.45) is 1.35. The average Bonchev–Trinajstić information content (AvgIpc) is 3.36. The fourth-order valence-electron chi connectivity index (χ4n) is 3.56. The van der Waals surface area contributed by atoms with Crippen LogP contribution in [0, 0.1) is 0 Å². The van der Waals surface area contributed by atoms with E-state index in [-0.39, 0.29) is 23.7 Å². The van der Waals surface area contributed by atoms with Crippen molar-refractivity contribution >= 4 is 44.1 Å². The van der Waals surface area contributed by atoms with E-state index in [4.69, 9.17) is 0 Å². The second-order valence-electron chi connectivity index (χ2n) is 7.22. The molecule has 8 nitrogen and oxygen atoms in total. The first-order valence-corrected chi connectivity index (χ1v) is 10.6. The molecule has 0 bridgehead atoms. The van der Waals surface area contributed by atoms with Crippen LogP contribution >= 0.6 is 11.3 Å². The van der Waals surface area contributed by atoms with Crippen molar-refractivity contribution < 1.29 is 9.90 Å². The van der Waals surface area contributed by atoms with Crippen LogP contribution < -0.4 is 5.56 Å². The maximum absolute atomic E-state index is 12.9. The first-order chi connectivity index (χ1) is 15.5. The molecule has 3 heterocycles. The Morgan fingerprint density at radius 1 is 1.09 bits per heavy atom. The second-order valence-corrected chi connectivity index (χ2v) is 8.25. The summed E-state index contributed by atoms with van der Waals surface area (Å²) >= 11 is 1.42. The number of thiophene rings is 1. The minimum absolute atomic E-state index is 0.0882. The quantitative estimate of drug-likeness (QED) is 0.409. The van der Waals surface area contributed by atoms with Crippen LogP contribution in [0.15, 0.2) is 82.0 Å². The third kappa shape index (κ3) is 3.38. The number of carbonyl (C=O) groups is 1. The first-order valence-electron chi connectivity index (χ1n) is 9.78. The lowest BCUT2D eigenvalue weighted by Gasteiger charge is -2.00. The molecule has 0 spiro atoms. The summed E-state index contributed by atoms with van der Waals surface area (Å²) < 4.78 is 2.78. The van der Waals surface area contributed by atoms with Crippen molar-refractivity contribution in [3.63, 3.8) is 0 Å². The maximum atomic E-state index is 12.9. The van der Waals surface area contributed by atoms with E-state index in [0.29, 0.717) is 15.6 Å². The molecule has 0 saturated heterocycles. The molecule has 9 heteroatoms. The molecule has 3 aromatic heterocycles. The summed E-state index contributed by atoms with van der Waals surface area (Å²) in [5.74, 6) is -0.714. The van der Waals surface area contributed by atoms with Gasteiger partial charge in [-0.25, -0.2) is 4.98 Å². The molecule has 1 amide bonds. The number of nitrogens with zero attached hydrogens (tertiary/aromatic N) is 5. The zero-order valence-corrected chi connectivity index (χ0v) is 17.8. The average molecular weight is 443 g/mol. The molecule has 158 valence electrons. The lowest BCUT2D eigenvalue weighted by Crippen LogP contribution is -2.23. The van der Waals surface area contributed by atoms with Crippen LogP contribution in [0.4, 0.5) is 5.69 Å². The highest BCUT2D eigenvalue weighted by Crippen LogP contribution is 2.37. The van der Waals surface area contributed by atoms with Crippen LogP contribution in [0.2, 0.25) is 0 Å². The predicted octanol–water partition coefficient (Wildman–Crippen LogP) is 4.63. The van der Waals surface area contributed by atoms with Crippen LogP contribution in [-0.4, -0.2) is 25.1 Å². The minimum atomic E-state index is -0.626. The predicted molar refractivity (Wildman–Crippen MR) is 123 cm³/mol. The van der Waals surface area contributed by atoms with Crippen molar-refractivity contribution in [2.45, 2.75) is 6.54 Å². The Hall–Kier alpha value is -4.11. The fraction of sp³-hybridized carbons (Fsp3) is 0.0870. The van der Waals surface area contributed by atoms with Gasteiger partial charge in [-0.3, -0.25) is 14.2 Å². The largest absolute Gasteiger partial charge is 0.493 e. The molecule has 0 aliphatic carbocycles.